The van der Waals surface area contributed by atoms with Crippen LogP contribution in [0.4, 0.5) is 0 Å². The number of hydrogen-bond acceptors (Lipinski definition) is 3. The minimum absolute atomic E-state index is 0.240. The molecule has 0 amide bonds. The van der Waals surface area contributed by atoms with Gasteiger partial charge in [0.1, 0.15) is 0 Å². The summed E-state index contributed by atoms with van der Waals surface area (Å²) in [6.45, 7) is 3.30. The highest BCUT2D eigenvalue weighted by atomic mass is 16.5. The first-order valence-electron chi connectivity index (χ1n) is 6.31. The van der Waals surface area contributed by atoms with E-state index in [-0.39, 0.29) is 6.04 Å². The van der Waals surface area contributed by atoms with Crippen LogP contribution in [0.5, 0.6) is 0 Å². The molecule has 2 rings (SSSR count). The number of ether oxygens (including phenoxy) is 1. The summed E-state index contributed by atoms with van der Waals surface area (Å²) in [6, 6.07) is 0.240. The van der Waals surface area contributed by atoms with Crippen molar-refractivity contribution in [1.82, 2.24) is 4.90 Å². The van der Waals surface area contributed by atoms with Crippen molar-refractivity contribution in [2.45, 2.75) is 38.1 Å². The molecule has 0 radical (unpaired) electrons. The lowest BCUT2D eigenvalue weighted by Crippen LogP contribution is -2.47. The lowest BCUT2D eigenvalue weighted by Gasteiger charge is -2.37. The minimum atomic E-state index is -0.664. The molecule has 0 bridgehead atoms. The number of morpholine rings is 1. The van der Waals surface area contributed by atoms with Crippen LogP contribution in [0.25, 0.3) is 0 Å². The first-order chi connectivity index (χ1) is 7.77. The van der Waals surface area contributed by atoms with Gasteiger partial charge in [-0.1, -0.05) is 12.8 Å². The predicted molar refractivity (Wildman–Crippen MR) is 60.4 cm³/mol. The summed E-state index contributed by atoms with van der Waals surface area (Å²) >= 11 is 0. The first-order valence-corrected chi connectivity index (χ1v) is 6.31. The van der Waals surface area contributed by atoms with Crippen molar-refractivity contribution in [3.63, 3.8) is 0 Å². The average molecular weight is 227 g/mol. The van der Waals surface area contributed by atoms with Crippen LogP contribution in [0.3, 0.4) is 0 Å². The Balaban J connectivity index is 1.96. The standard InChI is InChI=1S/C12H21NO3/c14-12(15)9-11(10-3-1-2-4-10)13-5-7-16-8-6-13/h10-11H,1-9H2,(H,14,15). The van der Waals surface area contributed by atoms with E-state index >= 15 is 0 Å². The van der Waals surface area contributed by atoms with E-state index in [0.717, 1.165) is 26.3 Å². The van der Waals surface area contributed by atoms with Gasteiger partial charge in [0.05, 0.1) is 19.6 Å². The van der Waals surface area contributed by atoms with Gasteiger partial charge in [-0.2, -0.15) is 0 Å². The molecule has 1 saturated heterocycles. The SMILES string of the molecule is O=C(O)CC(C1CCCC1)N1CCOCC1. The van der Waals surface area contributed by atoms with Gasteiger partial charge in [-0.05, 0) is 18.8 Å². The van der Waals surface area contributed by atoms with E-state index in [1.54, 1.807) is 0 Å². The Labute approximate surface area is 96.6 Å². The number of carbonyl (C=O) groups is 1. The van der Waals surface area contributed by atoms with Gasteiger partial charge in [0, 0.05) is 19.1 Å². The second-order valence-electron chi connectivity index (χ2n) is 4.86. The monoisotopic (exact) mass is 227 g/mol. The van der Waals surface area contributed by atoms with Crippen molar-refractivity contribution in [3.05, 3.63) is 0 Å². The third kappa shape index (κ3) is 2.95. The molecule has 1 unspecified atom stereocenters. The van der Waals surface area contributed by atoms with Gasteiger partial charge >= 0.3 is 5.97 Å². The highest BCUT2D eigenvalue weighted by Gasteiger charge is 2.32. The molecule has 16 heavy (non-hydrogen) atoms. The third-order valence-corrected chi connectivity index (χ3v) is 3.84. The summed E-state index contributed by atoms with van der Waals surface area (Å²) < 4.78 is 5.33. The molecule has 2 aliphatic rings. The fraction of sp³-hybridized carbons (Fsp3) is 0.917. The van der Waals surface area contributed by atoms with Gasteiger partial charge in [-0.15, -0.1) is 0 Å². The van der Waals surface area contributed by atoms with E-state index in [2.05, 4.69) is 4.90 Å². The summed E-state index contributed by atoms with van der Waals surface area (Å²) in [6.07, 6.45) is 5.24. The van der Waals surface area contributed by atoms with Crippen LogP contribution in [-0.4, -0.2) is 48.3 Å². The van der Waals surface area contributed by atoms with E-state index in [0.29, 0.717) is 12.3 Å². The Morgan fingerprint density at radius 3 is 2.50 bits per heavy atom. The summed E-state index contributed by atoms with van der Waals surface area (Å²) in [5, 5.41) is 9.02. The maximum Gasteiger partial charge on any atom is 0.304 e. The van der Waals surface area contributed by atoms with Crippen molar-refractivity contribution < 1.29 is 14.6 Å². The van der Waals surface area contributed by atoms with Crippen molar-refractivity contribution in [2.24, 2.45) is 5.92 Å². The Hall–Kier alpha value is -0.610. The molecule has 92 valence electrons. The molecule has 4 nitrogen and oxygen atoms in total. The van der Waals surface area contributed by atoms with Crippen LogP contribution in [0.2, 0.25) is 0 Å². The molecular weight excluding hydrogens is 206 g/mol. The zero-order valence-corrected chi connectivity index (χ0v) is 9.73. The van der Waals surface area contributed by atoms with E-state index in [9.17, 15) is 4.79 Å². The highest BCUT2D eigenvalue weighted by Crippen LogP contribution is 2.32. The molecule has 1 atom stereocenters. The fourth-order valence-electron chi connectivity index (χ4n) is 3.02. The molecule has 2 fully saturated rings. The summed E-state index contributed by atoms with van der Waals surface area (Å²) in [5.74, 6) is -0.0717. The molecule has 1 N–H and O–H groups in total. The second-order valence-corrected chi connectivity index (χ2v) is 4.86. The Bertz CT molecular complexity index is 232. The number of carboxylic acids is 1. The Kier molecular flexibility index (Phi) is 4.18. The number of nitrogens with zero attached hydrogens (tertiary/aromatic N) is 1. The molecule has 1 heterocycles. The maximum atomic E-state index is 11.0. The number of aliphatic carboxylic acids is 1. The highest BCUT2D eigenvalue weighted by molar-refractivity contribution is 5.67. The second kappa shape index (κ2) is 5.64. The summed E-state index contributed by atoms with van der Waals surface area (Å²) in [4.78, 5) is 13.3. The molecule has 1 saturated carbocycles. The first kappa shape index (κ1) is 11.9. The molecule has 0 aromatic heterocycles. The minimum Gasteiger partial charge on any atom is -0.481 e. The van der Waals surface area contributed by atoms with Gasteiger partial charge in [0.2, 0.25) is 0 Å². The van der Waals surface area contributed by atoms with Gasteiger partial charge in [0.15, 0.2) is 0 Å². The van der Waals surface area contributed by atoms with Crippen LogP contribution < -0.4 is 0 Å². The quantitative estimate of drug-likeness (QED) is 0.787. The Morgan fingerprint density at radius 2 is 1.94 bits per heavy atom. The molecular formula is C12H21NO3. The van der Waals surface area contributed by atoms with E-state index < -0.39 is 5.97 Å². The van der Waals surface area contributed by atoms with Gasteiger partial charge in [0.25, 0.3) is 0 Å². The van der Waals surface area contributed by atoms with Crippen molar-refractivity contribution in [1.29, 1.82) is 0 Å². The molecule has 0 aromatic carbocycles. The Morgan fingerprint density at radius 1 is 1.31 bits per heavy atom. The largest absolute Gasteiger partial charge is 0.481 e. The summed E-state index contributed by atoms with van der Waals surface area (Å²) in [5.41, 5.74) is 0. The van der Waals surface area contributed by atoms with E-state index in [4.69, 9.17) is 9.84 Å². The van der Waals surface area contributed by atoms with Gasteiger partial charge < -0.3 is 9.84 Å². The molecule has 4 heteroatoms. The number of rotatable bonds is 4. The topological polar surface area (TPSA) is 49.8 Å². The van der Waals surface area contributed by atoms with E-state index in [1.165, 1.54) is 25.7 Å². The van der Waals surface area contributed by atoms with E-state index in [1.807, 2.05) is 0 Å². The smallest absolute Gasteiger partial charge is 0.304 e. The normalized spacial score (nSPS) is 25.8. The third-order valence-electron chi connectivity index (χ3n) is 3.84. The van der Waals surface area contributed by atoms with Crippen molar-refractivity contribution in [3.8, 4) is 0 Å². The molecule has 0 spiro atoms. The zero-order valence-electron chi connectivity index (χ0n) is 9.73. The van der Waals surface area contributed by atoms with Gasteiger partial charge in [-0.3, -0.25) is 9.69 Å². The van der Waals surface area contributed by atoms with Crippen LogP contribution in [0, 0.1) is 5.92 Å². The van der Waals surface area contributed by atoms with Crippen molar-refractivity contribution >= 4 is 5.97 Å². The lowest BCUT2D eigenvalue weighted by atomic mass is 9.93. The number of hydrogen-bond donors (Lipinski definition) is 1. The fourth-order valence-corrected chi connectivity index (χ4v) is 3.02. The zero-order chi connectivity index (χ0) is 11.4. The van der Waals surface area contributed by atoms with Crippen molar-refractivity contribution in [2.75, 3.05) is 26.3 Å². The van der Waals surface area contributed by atoms with Crippen LogP contribution >= 0.6 is 0 Å². The van der Waals surface area contributed by atoms with Gasteiger partial charge in [-0.25, -0.2) is 0 Å². The summed E-state index contributed by atoms with van der Waals surface area (Å²) in [7, 11) is 0. The lowest BCUT2D eigenvalue weighted by molar-refractivity contribution is -0.139. The van der Waals surface area contributed by atoms with Crippen LogP contribution in [0.15, 0.2) is 0 Å². The molecule has 1 aliphatic heterocycles. The van der Waals surface area contributed by atoms with Crippen LogP contribution in [-0.2, 0) is 9.53 Å². The average Bonchev–Trinajstić information content (AvgIpc) is 2.80. The molecule has 0 aromatic rings. The predicted octanol–water partition coefficient (Wildman–Crippen LogP) is 1.35. The van der Waals surface area contributed by atoms with Crippen LogP contribution in [0.1, 0.15) is 32.1 Å². The molecule has 1 aliphatic carbocycles. The maximum absolute atomic E-state index is 11.0. The number of carboxylic acid groups (broad SMARTS) is 1.